The van der Waals surface area contributed by atoms with Crippen LogP contribution in [0.2, 0.25) is 0 Å². The van der Waals surface area contributed by atoms with Crippen molar-refractivity contribution in [1.29, 1.82) is 0 Å². The molecule has 0 aliphatic carbocycles. The summed E-state index contributed by atoms with van der Waals surface area (Å²) in [5, 5.41) is 9.40. The van der Waals surface area contributed by atoms with Crippen molar-refractivity contribution in [1.82, 2.24) is 0 Å². The summed E-state index contributed by atoms with van der Waals surface area (Å²) in [5.74, 6) is -1.23. The van der Waals surface area contributed by atoms with Gasteiger partial charge in [0.25, 0.3) is 0 Å². The maximum atomic E-state index is 12.9. The van der Waals surface area contributed by atoms with Crippen LogP contribution in [-0.2, 0) is 16.3 Å². The molecule has 3 rings (SSSR count). The third-order valence-corrected chi connectivity index (χ3v) is 6.04. The fraction of sp³-hybridized carbons (Fsp3) is 0.263. The third kappa shape index (κ3) is 2.99. The lowest BCUT2D eigenvalue weighted by Gasteiger charge is -2.10. The lowest BCUT2D eigenvalue weighted by molar-refractivity contribution is 0.0697. The fourth-order valence-corrected chi connectivity index (χ4v) is 3.89. The maximum Gasteiger partial charge on any atom is 0.335 e. The predicted molar refractivity (Wildman–Crippen MR) is 98.7 cm³/mol. The van der Waals surface area contributed by atoms with Crippen LogP contribution in [0.1, 0.15) is 36.2 Å². The number of hydrogen-bond donors (Lipinski definition) is 1. The second kappa shape index (κ2) is 6.57. The average molecular weight is 374 g/mol. The van der Waals surface area contributed by atoms with Crippen LogP contribution in [0, 0.1) is 0 Å². The molecule has 6 nitrogen and oxygen atoms in total. The topological polar surface area (TPSA) is 102 Å². The zero-order valence-electron chi connectivity index (χ0n) is 14.4. The van der Waals surface area contributed by atoms with Gasteiger partial charge in [0.15, 0.2) is 9.84 Å². The van der Waals surface area contributed by atoms with E-state index >= 15 is 0 Å². The van der Waals surface area contributed by atoms with E-state index in [4.69, 9.17) is 9.52 Å². The number of fused-ring (bicyclic) bond motifs is 2. The molecule has 0 radical (unpaired) electrons. The Kier molecular flexibility index (Phi) is 4.58. The van der Waals surface area contributed by atoms with Crippen LogP contribution >= 0.6 is 0 Å². The Labute approximate surface area is 150 Å². The van der Waals surface area contributed by atoms with E-state index in [9.17, 15) is 18.0 Å². The van der Waals surface area contributed by atoms with Gasteiger partial charge in [-0.2, -0.15) is 0 Å². The molecule has 26 heavy (non-hydrogen) atoms. The first kappa shape index (κ1) is 18.1. The van der Waals surface area contributed by atoms with Crippen molar-refractivity contribution in [2.24, 2.45) is 0 Å². The van der Waals surface area contributed by atoms with Crippen LogP contribution in [-0.4, -0.2) is 25.2 Å². The first-order valence-electron chi connectivity index (χ1n) is 8.28. The van der Waals surface area contributed by atoms with E-state index in [0.717, 1.165) is 6.42 Å². The summed E-state index contributed by atoms with van der Waals surface area (Å²) in [6, 6.07) is 6.96. The van der Waals surface area contributed by atoms with Crippen molar-refractivity contribution in [2.75, 3.05) is 5.75 Å². The highest BCUT2D eigenvalue weighted by molar-refractivity contribution is 7.91. The minimum Gasteiger partial charge on any atom is -0.478 e. The van der Waals surface area contributed by atoms with Crippen molar-refractivity contribution < 1.29 is 22.7 Å². The van der Waals surface area contributed by atoms with E-state index in [1.807, 2.05) is 6.92 Å². The molecule has 2 aromatic carbocycles. The second-order valence-electron chi connectivity index (χ2n) is 6.06. The molecular weight excluding hydrogens is 356 g/mol. The van der Waals surface area contributed by atoms with Crippen LogP contribution in [0.15, 0.2) is 44.4 Å². The number of aryl methyl sites for hydroxylation is 1. The predicted octanol–water partition coefficient (Wildman–Crippen LogP) is 3.39. The monoisotopic (exact) mass is 374 g/mol. The van der Waals surface area contributed by atoms with E-state index in [2.05, 4.69) is 0 Å². The van der Waals surface area contributed by atoms with Crippen LogP contribution in [0.4, 0.5) is 0 Å². The highest BCUT2D eigenvalue weighted by atomic mass is 32.2. The van der Waals surface area contributed by atoms with Gasteiger partial charge in [0, 0.05) is 0 Å². The van der Waals surface area contributed by atoms with E-state index in [1.54, 1.807) is 13.0 Å². The summed E-state index contributed by atoms with van der Waals surface area (Å²) >= 11 is 0. The minimum absolute atomic E-state index is 0.0322. The summed E-state index contributed by atoms with van der Waals surface area (Å²) in [7, 11) is -3.50. The molecule has 0 fully saturated rings. The highest BCUT2D eigenvalue weighted by Gasteiger charge is 2.19. The summed E-state index contributed by atoms with van der Waals surface area (Å²) < 4.78 is 30.5. The fourth-order valence-electron chi connectivity index (χ4n) is 2.93. The number of hydrogen-bond acceptors (Lipinski definition) is 5. The zero-order valence-corrected chi connectivity index (χ0v) is 15.2. The van der Waals surface area contributed by atoms with Gasteiger partial charge in [-0.15, -0.1) is 0 Å². The summed E-state index contributed by atoms with van der Waals surface area (Å²) in [6.45, 7) is 3.49. The molecule has 0 unspecified atom stereocenters. The van der Waals surface area contributed by atoms with Crippen molar-refractivity contribution >= 4 is 37.7 Å². The number of benzene rings is 2. The van der Waals surface area contributed by atoms with Gasteiger partial charge >= 0.3 is 5.97 Å². The van der Waals surface area contributed by atoms with Gasteiger partial charge in [-0.1, -0.05) is 20.3 Å². The number of carbonyl (C=O) groups is 1. The van der Waals surface area contributed by atoms with Crippen molar-refractivity contribution in [3.05, 3.63) is 51.7 Å². The van der Waals surface area contributed by atoms with Crippen LogP contribution in [0.5, 0.6) is 0 Å². The molecule has 0 atom stereocenters. The van der Waals surface area contributed by atoms with Gasteiger partial charge < -0.3 is 9.52 Å². The van der Waals surface area contributed by atoms with Crippen LogP contribution < -0.4 is 5.43 Å². The van der Waals surface area contributed by atoms with Gasteiger partial charge in [-0.25, -0.2) is 13.2 Å². The molecule has 136 valence electrons. The summed E-state index contributed by atoms with van der Waals surface area (Å²) in [6.07, 6.45) is 1.32. The first-order valence-corrected chi connectivity index (χ1v) is 9.93. The van der Waals surface area contributed by atoms with Crippen molar-refractivity contribution in [3.63, 3.8) is 0 Å². The van der Waals surface area contributed by atoms with Gasteiger partial charge in [0.1, 0.15) is 11.2 Å². The van der Waals surface area contributed by atoms with Gasteiger partial charge in [-0.05, 0) is 42.3 Å². The molecular formula is C19H18O6S. The Balaban J connectivity index is 2.46. The van der Waals surface area contributed by atoms with Gasteiger partial charge in [0.05, 0.1) is 27.0 Å². The lowest BCUT2D eigenvalue weighted by Crippen LogP contribution is -2.09. The van der Waals surface area contributed by atoms with Crippen molar-refractivity contribution in [2.45, 2.75) is 31.6 Å². The zero-order chi connectivity index (χ0) is 19.1. The molecule has 0 aliphatic heterocycles. The molecule has 1 N–H and O–H groups in total. The number of aromatic carboxylic acids is 1. The quantitative estimate of drug-likeness (QED) is 0.687. The Morgan fingerprint density at radius 1 is 1.12 bits per heavy atom. The standard InChI is InChI=1S/C19H18O6S/c1-3-5-11-8-13(26(23,24)4-2)10-15-17(20)14-9-12(19(21)22)6-7-16(14)25-18(11)15/h6-10H,3-5H2,1-2H3,(H,21,22). The molecule has 3 aromatic rings. The summed E-state index contributed by atoms with van der Waals surface area (Å²) in [4.78, 5) is 24.2. The molecule has 1 heterocycles. The molecule has 0 spiro atoms. The smallest absolute Gasteiger partial charge is 0.335 e. The van der Waals surface area contributed by atoms with E-state index < -0.39 is 21.2 Å². The highest BCUT2D eigenvalue weighted by Crippen LogP contribution is 2.27. The molecule has 0 saturated carbocycles. The Hall–Kier alpha value is -2.67. The Morgan fingerprint density at radius 2 is 1.85 bits per heavy atom. The van der Waals surface area contributed by atoms with E-state index in [1.165, 1.54) is 24.3 Å². The van der Waals surface area contributed by atoms with Crippen molar-refractivity contribution in [3.8, 4) is 0 Å². The average Bonchev–Trinajstić information content (AvgIpc) is 2.62. The lowest BCUT2D eigenvalue weighted by atomic mass is 10.0. The second-order valence-corrected chi connectivity index (χ2v) is 8.34. The molecule has 1 aromatic heterocycles. The van der Waals surface area contributed by atoms with E-state index in [0.29, 0.717) is 17.6 Å². The largest absolute Gasteiger partial charge is 0.478 e. The Bertz CT molecular complexity index is 1190. The van der Waals surface area contributed by atoms with Crippen LogP contribution in [0.25, 0.3) is 21.9 Å². The maximum absolute atomic E-state index is 12.9. The normalized spacial score (nSPS) is 11.9. The molecule has 0 aliphatic rings. The SMILES string of the molecule is CCCc1cc(S(=O)(=O)CC)cc2c(=O)c3cc(C(=O)O)ccc3oc12. The molecule has 7 heteroatoms. The number of sulfone groups is 1. The van der Waals surface area contributed by atoms with E-state index in [-0.39, 0.29) is 32.6 Å². The third-order valence-electron chi connectivity index (χ3n) is 4.33. The number of carboxylic acid groups (broad SMARTS) is 1. The minimum atomic E-state index is -3.50. The van der Waals surface area contributed by atoms with Gasteiger partial charge in [-0.3, -0.25) is 4.79 Å². The molecule has 0 bridgehead atoms. The first-order chi connectivity index (χ1) is 12.3. The molecule has 0 amide bonds. The number of carboxylic acids is 1. The summed E-state index contributed by atoms with van der Waals surface area (Å²) in [5.41, 5.74) is 0.807. The molecule has 0 saturated heterocycles. The van der Waals surface area contributed by atoms with Crippen LogP contribution in [0.3, 0.4) is 0 Å². The van der Waals surface area contributed by atoms with Gasteiger partial charge in [0.2, 0.25) is 5.43 Å². The number of rotatable bonds is 5. The Morgan fingerprint density at radius 3 is 2.46 bits per heavy atom.